The van der Waals surface area contributed by atoms with Crippen LogP contribution < -0.4 is 5.32 Å². The molecule has 5 fully saturated rings. The second-order valence-electron chi connectivity index (χ2n) is 8.57. The number of unbranched alkanes of at least 4 members (excludes halogenated alkanes) is 1. The van der Waals surface area contributed by atoms with Gasteiger partial charge in [0.2, 0.25) is 5.91 Å². The van der Waals surface area contributed by atoms with Gasteiger partial charge in [0.05, 0.1) is 6.17 Å². The van der Waals surface area contributed by atoms with Crippen molar-refractivity contribution in [2.75, 3.05) is 13.2 Å². The monoisotopic (exact) mass is 359 g/mol. The average molecular weight is 360 g/mol. The Bertz CT molecular complexity index is 590. The van der Waals surface area contributed by atoms with Crippen LogP contribution in [0.15, 0.2) is 24.4 Å². The molecule has 5 saturated heterocycles. The number of nitrogens with one attached hydrogen (secondary N) is 1. The maximum Gasteiger partial charge on any atom is 0.220 e. The van der Waals surface area contributed by atoms with Crippen molar-refractivity contribution in [2.24, 2.45) is 11.8 Å². The molecule has 5 rings (SSSR count). The Labute approximate surface area is 157 Å². The van der Waals surface area contributed by atoms with Crippen molar-refractivity contribution >= 4 is 5.91 Å². The summed E-state index contributed by atoms with van der Waals surface area (Å²) in [5.41, 5.74) is 1.42. The Morgan fingerprint density at radius 3 is 2.96 bits per heavy atom. The highest BCUT2D eigenvalue weighted by atomic mass is 16.2. The highest BCUT2D eigenvalue weighted by Crippen LogP contribution is 2.54. The lowest BCUT2D eigenvalue weighted by Crippen LogP contribution is -2.79. The zero-order valence-corrected chi connectivity index (χ0v) is 15.9. The smallest absolute Gasteiger partial charge is 0.220 e. The van der Waals surface area contributed by atoms with E-state index in [2.05, 4.69) is 27.8 Å². The summed E-state index contributed by atoms with van der Waals surface area (Å²) in [5, 5.41) is 12.1. The van der Waals surface area contributed by atoms with Gasteiger partial charge < -0.3 is 10.4 Å². The first-order valence-corrected chi connectivity index (χ1v) is 10.4. The number of aliphatic hydroxyl groups excluding tert-OH is 1. The third-order valence-electron chi connectivity index (χ3n) is 7.17. The zero-order chi connectivity index (χ0) is 18.3. The Balaban J connectivity index is 1.63. The topological polar surface area (TPSA) is 55.8 Å². The number of carbonyl (C=O) groups excluding carboxylic acids is 1. The molecule has 6 bridgehead atoms. The van der Waals surface area contributed by atoms with E-state index >= 15 is 0 Å². The molecule has 0 radical (unpaired) electrons. The van der Waals surface area contributed by atoms with Crippen molar-refractivity contribution in [3.8, 4) is 0 Å². The molecule has 0 saturated carbocycles. The summed E-state index contributed by atoms with van der Waals surface area (Å²) in [5.74, 6) is 1.43. The summed E-state index contributed by atoms with van der Waals surface area (Å²) in [6, 6.07) is 1.71. The lowest BCUT2D eigenvalue weighted by Gasteiger charge is -2.70. The number of carbonyl (C=O) groups is 1. The van der Waals surface area contributed by atoms with Crippen molar-refractivity contribution in [1.29, 1.82) is 0 Å². The van der Waals surface area contributed by atoms with Gasteiger partial charge in [-0.05, 0) is 62.4 Å². The predicted octanol–water partition coefficient (Wildman–Crippen LogP) is 2.24. The summed E-state index contributed by atoms with van der Waals surface area (Å²) in [6.07, 6.45) is 12.5. The van der Waals surface area contributed by atoms with E-state index in [4.69, 9.17) is 0 Å². The van der Waals surface area contributed by atoms with Gasteiger partial charge in [0.15, 0.2) is 0 Å². The van der Waals surface area contributed by atoms with Crippen LogP contribution in [0.1, 0.15) is 51.9 Å². The van der Waals surface area contributed by atoms with E-state index in [0.717, 1.165) is 38.0 Å². The van der Waals surface area contributed by atoms with Gasteiger partial charge in [0.1, 0.15) is 0 Å². The van der Waals surface area contributed by atoms with E-state index in [-0.39, 0.29) is 5.91 Å². The van der Waals surface area contributed by atoms with E-state index < -0.39 is 0 Å². The molecule has 144 valence electrons. The molecule has 0 aromatic heterocycles. The molecule has 5 aliphatic heterocycles. The van der Waals surface area contributed by atoms with Crippen LogP contribution in [-0.4, -0.2) is 58.3 Å². The third kappa shape index (κ3) is 2.94. The molecule has 8 unspecified atom stereocenters. The summed E-state index contributed by atoms with van der Waals surface area (Å²) in [7, 11) is 0. The van der Waals surface area contributed by atoms with Crippen LogP contribution in [0, 0.1) is 11.8 Å². The summed E-state index contributed by atoms with van der Waals surface area (Å²) < 4.78 is 0. The molecule has 1 amide bonds. The molecule has 0 aromatic rings. The van der Waals surface area contributed by atoms with Crippen molar-refractivity contribution in [3.05, 3.63) is 24.4 Å². The highest BCUT2D eigenvalue weighted by molar-refractivity contribution is 5.74. The quantitative estimate of drug-likeness (QED) is 0.541. The van der Waals surface area contributed by atoms with Crippen LogP contribution in [0.4, 0.5) is 0 Å². The molecule has 0 aliphatic carbocycles. The van der Waals surface area contributed by atoms with E-state index in [9.17, 15) is 9.90 Å². The van der Waals surface area contributed by atoms with Gasteiger partial charge in [-0.15, -0.1) is 6.58 Å². The molecule has 5 nitrogen and oxygen atoms in total. The predicted molar refractivity (Wildman–Crippen MR) is 102 cm³/mol. The fourth-order valence-corrected chi connectivity index (χ4v) is 6.35. The van der Waals surface area contributed by atoms with Gasteiger partial charge in [-0.25, -0.2) is 0 Å². The van der Waals surface area contributed by atoms with Crippen molar-refractivity contribution in [3.63, 3.8) is 0 Å². The largest absolute Gasteiger partial charge is 0.396 e. The molecular weight excluding hydrogens is 326 g/mol. The van der Waals surface area contributed by atoms with Crippen molar-refractivity contribution in [1.82, 2.24) is 15.1 Å². The van der Waals surface area contributed by atoms with Crippen molar-refractivity contribution in [2.45, 2.75) is 76.2 Å². The van der Waals surface area contributed by atoms with Gasteiger partial charge in [-0.1, -0.05) is 6.08 Å². The molecule has 2 N–H and O–H groups in total. The standard InChI is InChI=1S/C21H33N3O2/c1-3-6-19-17-11-16-13-23(19)20-9-8-15(12-22-14(2)26)21(17)24(20)18(16)7-4-5-10-25/h3,12,16-21,25H,1,4-11,13H2,2H3,(H,22,26). The minimum atomic E-state index is 0.0179. The number of hydrogen-bond acceptors (Lipinski definition) is 4. The normalized spacial score (nSPS) is 44.3. The Kier molecular flexibility index (Phi) is 5.22. The minimum Gasteiger partial charge on any atom is -0.396 e. The van der Waals surface area contributed by atoms with Gasteiger partial charge in [0.25, 0.3) is 0 Å². The van der Waals surface area contributed by atoms with Gasteiger partial charge in [-0.2, -0.15) is 0 Å². The lowest BCUT2D eigenvalue weighted by molar-refractivity contribution is -0.220. The van der Waals surface area contributed by atoms with Gasteiger partial charge >= 0.3 is 0 Å². The molecule has 8 atom stereocenters. The number of rotatable bonds is 7. The van der Waals surface area contributed by atoms with Crippen LogP contribution in [0.25, 0.3) is 0 Å². The second-order valence-corrected chi connectivity index (χ2v) is 8.57. The third-order valence-corrected chi connectivity index (χ3v) is 7.17. The fourth-order valence-electron chi connectivity index (χ4n) is 6.35. The number of nitrogens with zero attached hydrogens (tertiary/aromatic N) is 2. The molecule has 0 spiro atoms. The molecule has 0 aromatic carbocycles. The van der Waals surface area contributed by atoms with E-state index in [1.54, 1.807) is 6.92 Å². The first-order valence-electron chi connectivity index (χ1n) is 10.4. The summed E-state index contributed by atoms with van der Waals surface area (Å²) in [6.45, 7) is 7.13. The SMILES string of the molecule is C=CCC1C2CC3CN1C1CCC(=CNC(C)=O)C2N1C3CCCCO. The van der Waals surface area contributed by atoms with Crippen LogP contribution in [0.3, 0.4) is 0 Å². The summed E-state index contributed by atoms with van der Waals surface area (Å²) in [4.78, 5) is 17.0. The first kappa shape index (κ1) is 18.2. The Hall–Kier alpha value is -1.17. The molecule has 5 heteroatoms. The molecule has 5 heterocycles. The molecular formula is C21H33N3O2. The number of hydrogen-bond donors (Lipinski definition) is 2. The molecule has 5 aliphatic rings. The Morgan fingerprint density at radius 2 is 2.23 bits per heavy atom. The maximum absolute atomic E-state index is 11.5. The minimum absolute atomic E-state index is 0.0179. The van der Waals surface area contributed by atoms with E-state index in [0.29, 0.717) is 36.8 Å². The van der Waals surface area contributed by atoms with Gasteiger partial charge in [0, 0.05) is 44.4 Å². The second kappa shape index (κ2) is 7.45. The van der Waals surface area contributed by atoms with E-state index in [1.165, 1.54) is 25.0 Å². The summed E-state index contributed by atoms with van der Waals surface area (Å²) >= 11 is 0. The van der Waals surface area contributed by atoms with Gasteiger partial charge in [-0.3, -0.25) is 14.6 Å². The first-order chi connectivity index (χ1) is 12.7. The van der Waals surface area contributed by atoms with Crippen LogP contribution in [0.2, 0.25) is 0 Å². The Morgan fingerprint density at radius 1 is 1.38 bits per heavy atom. The molecule has 26 heavy (non-hydrogen) atoms. The number of amides is 1. The number of aliphatic hydroxyl groups is 1. The zero-order valence-electron chi connectivity index (χ0n) is 15.9. The highest BCUT2D eigenvalue weighted by Gasteiger charge is 2.60. The number of piperidine rings is 3. The lowest BCUT2D eigenvalue weighted by atomic mass is 9.62. The average Bonchev–Trinajstić information content (AvgIpc) is 2.63. The van der Waals surface area contributed by atoms with E-state index in [1.807, 2.05) is 6.20 Å². The van der Waals surface area contributed by atoms with Crippen molar-refractivity contribution < 1.29 is 9.90 Å². The van der Waals surface area contributed by atoms with Crippen LogP contribution in [0.5, 0.6) is 0 Å². The van der Waals surface area contributed by atoms with Crippen LogP contribution in [-0.2, 0) is 4.79 Å². The van der Waals surface area contributed by atoms with Crippen LogP contribution >= 0.6 is 0 Å². The fraction of sp³-hybridized carbons (Fsp3) is 0.762. The maximum atomic E-state index is 11.5.